The first-order valence-corrected chi connectivity index (χ1v) is 7.69. The van der Waals surface area contributed by atoms with Gasteiger partial charge in [0.2, 0.25) is 0 Å². The van der Waals surface area contributed by atoms with E-state index in [1.165, 1.54) is 6.21 Å². The van der Waals surface area contributed by atoms with Gasteiger partial charge in [-0.1, -0.05) is 30.3 Å². The van der Waals surface area contributed by atoms with Crippen LogP contribution in [0.2, 0.25) is 0 Å². The van der Waals surface area contributed by atoms with Crippen LogP contribution in [0, 0.1) is 0 Å². The molecule has 1 heterocycles. The lowest BCUT2D eigenvalue weighted by Gasteiger charge is -2.05. The number of H-pyrrole nitrogens is 1. The second-order valence-electron chi connectivity index (χ2n) is 5.55. The molecule has 6 nitrogen and oxygen atoms in total. The van der Waals surface area contributed by atoms with Crippen LogP contribution in [-0.4, -0.2) is 27.2 Å². The quantitative estimate of drug-likeness (QED) is 0.398. The van der Waals surface area contributed by atoms with Crippen molar-refractivity contribution in [3.63, 3.8) is 0 Å². The summed E-state index contributed by atoms with van der Waals surface area (Å²) in [6.07, 6.45) is 3.03. The summed E-state index contributed by atoms with van der Waals surface area (Å²) in [4.78, 5) is 19.3. The van der Waals surface area contributed by atoms with Crippen molar-refractivity contribution in [1.29, 1.82) is 0 Å². The average molecular weight is 330 g/mol. The van der Waals surface area contributed by atoms with Crippen molar-refractivity contribution in [2.75, 3.05) is 0 Å². The summed E-state index contributed by atoms with van der Waals surface area (Å²) >= 11 is 0. The highest BCUT2D eigenvalue weighted by Crippen LogP contribution is 2.25. The van der Waals surface area contributed by atoms with Gasteiger partial charge in [0.05, 0.1) is 23.6 Å². The molecule has 0 radical (unpaired) electrons. The van der Waals surface area contributed by atoms with Crippen LogP contribution in [0.3, 0.4) is 0 Å². The fourth-order valence-electron chi connectivity index (χ4n) is 2.72. The molecular formula is C19H14N4O2. The summed E-state index contributed by atoms with van der Waals surface area (Å²) in [6, 6.07) is 16.3. The third kappa shape index (κ3) is 2.81. The van der Waals surface area contributed by atoms with E-state index < -0.39 is 0 Å². The van der Waals surface area contributed by atoms with Gasteiger partial charge in [0.15, 0.2) is 0 Å². The van der Waals surface area contributed by atoms with Crippen molar-refractivity contribution in [2.45, 2.75) is 0 Å². The highest BCUT2D eigenvalue weighted by molar-refractivity contribution is 6.03. The third-order valence-corrected chi connectivity index (χ3v) is 3.99. The summed E-state index contributed by atoms with van der Waals surface area (Å²) in [5.41, 5.74) is 5.08. The Balaban J connectivity index is 1.58. The summed E-state index contributed by atoms with van der Waals surface area (Å²) in [6.45, 7) is 0. The Kier molecular flexibility index (Phi) is 3.63. The Labute approximate surface area is 142 Å². The van der Waals surface area contributed by atoms with Crippen molar-refractivity contribution in [2.24, 2.45) is 5.10 Å². The fourth-order valence-corrected chi connectivity index (χ4v) is 2.72. The molecule has 0 aliphatic heterocycles. The number of aromatic amines is 1. The Morgan fingerprint density at radius 1 is 1.16 bits per heavy atom. The van der Waals surface area contributed by atoms with Gasteiger partial charge in [0.25, 0.3) is 5.91 Å². The number of rotatable bonds is 3. The molecule has 25 heavy (non-hydrogen) atoms. The molecule has 0 saturated carbocycles. The van der Waals surface area contributed by atoms with Gasteiger partial charge in [0.1, 0.15) is 5.75 Å². The van der Waals surface area contributed by atoms with Crippen molar-refractivity contribution in [1.82, 2.24) is 15.4 Å². The molecule has 3 aromatic carbocycles. The first-order chi connectivity index (χ1) is 12.2. The van der Waals surface area contributed by atoms with Crippen LogP contribution >= 0.6 is 0 Å². The second kappa shape index (κ2) is 6.09. The number of carbonyl (C=O) groups is 1. The van der Waals surface area contributed by atoms with E-state index in [1.54, 1.807) is 30.6 Å². The zero-order chi connectivity index (χ0) is 17.2. The molecule has 1 aromatic heterocycles. The Hall–Kier alpha value is -3.67. The summed E-state index contributed by atoms with van der Waals surface area (Å²) in [5.74, 6) is -0.233. The molecule has 4 rings (SSSR count). The smallest absolute Gasteiger partial charge is 0.271 e. The van der Waals surface area contributed by atoms with Crippen molar-refractivity contribution < 1.29 is 9.90 Å². The summed E-state index contributed by atoms with van der Waals surface area (Å²) in [7, 11) is 0. The summed E-state index contributed by atoms with van der Waals surface area (Å²) in [5, 5.41) is 15.9. The maximum Gasteiger partial charge on any atom is 0.271 e. The lowest BCUT2D eigenvalue weighted by Crippen LogP contribution is -2.17. The number of aromatic hydroxyl groups is 1. The Morgan fingerprint density at radius 2 is 2.04 bits per heavy atom. The van der Waals surface area contributed by atoms with Crippen LogP contribution in [0.4, 0.5) is 0 Å². The maximum absolute atomic E-state index is 12.2. The Bertz CT molecular complexity index is 1110. The molecule has 0 aliphatic carbocycles. The third-order valence-electron chi connectivity index (χ3n) is 3.99. The molecule has 0 spiro atoms. The highest BCUT2D eigenvalue weighted by Gasteiger charge is 2.07. The fraction of sp³-hybridized carbons (Fsp3) is 0. The number of benzene rings is 3. The Morgan fingerprint density at radius 3 is 2.96 bits per heavy atom. The molecule has 0 saturated heterocycles. The van der Waals surface area contributed by atoms with Crippen LogP contribution < -0.4 is 5.43 Å². The minimum absolute atomic E-state index is 0.107. The minimum atomic E-state index is -0.340. The number of hydrazone groups is 1. The number of fused-ring (bicyclic) bond motifs is 2. The number of hydrogen-bond donors (Lipinski definition) is 3. The number of hydrogen-bond acceptors (Lipinski definition) is 4. The van der Waals surface area contributed by atoms with E-state index in [1.807, 2.05) is 30.3 Å². The van der Waals surface area contributed by atoms with Crippen LogP contribution in [0.25, 0.3) is 21.8 Å². The highest BCUT2D eigenvalue weighted by atomic mass is 16.3. The van der Waals surface area contributed by atoms with E-state index in [-0.39, 0.29) is 11.7 Å². The zero-order valence-corrected chi connectivity index (χ0v) is 13.1. The van der Waals surface area contributed by atoms with Gasteiger partial charge in [0, 0.05) is 11.1 Å². The number of amides is 1. The van der Waals surface area contributed by atoms with Gasteiger partial charge in [-0.25, -0.2) is 10.4 Å². The van der Waals surface area contributed by atoms with Crippen LogP contribution in [0.5, 0.6) is 5.75 Å². The van der Waals surface area contributed by atoms with E-state index in [0.29, 0.717) is 11.1 Å². The van der Waals surface area contributed by atoms with E-state index in [4.69, 9.17) is 0 Å². The topological polar surface area (TPSA) is 90.4 Å². The summed E-state index contributed by atoms with van der Waals surface area (Å²) < 4.78 is 0. The molecule has 122 valence electrons. The van der Waals surface area contributed by atoms with Gasteiger partial charge < -0.3 is 10.1 Å². The van der Waals surface area contributed by atoms with Crippen molar-refractivity contribution in [3.8, 4) is 5.75 Å². The van der Waals surface area contributed by atoms with Gasteiger partial charge in [-0.3, -0.25) is 4.79 Å². The molecular weight excluding hydrogens is 316 g/mol. The number of aromatic nitrogens is 2. The van der Waals surface area contributed by atoms with Gasteiger partial charge in [-0.15, -0.1) is 0 Å². The number of phenolic OH excluding ortho intramolecular Hbond substituents is 1. The number of nitrogens with one attached hydrogen (secondary N) is 2. The van der Waals surface area contributed by atoms with Gasteiger partial charge in [-0.2, -0.15) is 5.10 Å². The molecule has 0 unspecified atom stereocenters. The molecule has 1 amide bonds. The molecule has 0 bridgehead atoms. The predicted octanol–water partition coefficient (Wildman–Crippen LogP) is 3.19. The number of phenols is 1. The van der Waals surface area contributed by atoms with Gasteiger partial charge in [-0.05, 0) is 35.0 Å². The van der Waals surface area contributed by atoms with E-state index in [2.05, 4.69) is 20.5 Å². The lowest BCUT2D eigenvalue weighted by atomic mass is 10.0. The van der Waals surface area contributed by atoms with E-state index in [0.717, 1.165) is 21.8 Å². The number of nitrogens with zero attached hydrogens (tertiary/aromatic N) is 2. The molecule has 0 aliphatic rings. The second-order valence-corrected chi connectivity index (χ2v) is 5.55. The lowest BCUT2D eigenvalue weighted by molar-refractivity contribution is 0.0955. The van der Waals surface area contributed by atoms with E-state index >= 15 is 0 Å². The molecule has 4 aromatic rings. The SMILES string of the molecule is O=C(NN=Cc1c(O)ccc2ccccc12)c1ccc2nc[nH]c2c1. The largest absolute Gasteiger partial charge is 0.507 e. The average Bonchev–Trinajstić information content (AvgIpc) is 3.11. The minimum Gasteiger partial charge on any atom is -0.507 e. The van der Waals surface area contributed by atoms with Crippen LogP contribution in [-0.2, 0) is 0 Å². The number of carbonyl (C=O) groups excluding carboxylic acids is 1. The first kappa shape index (κ1) is 14.9. The zero-order valence-electron chi connectivity index (χ0n) is 13.1. The van der Waals surface area contributed by atoms with Crippen LogP contribution in [0.15, 0.2) is 66.0 Å². The monoisotopic (exact) mass is 330 g/mol. The molecule has 3 N–H and O–H groups in total. The van der Waals surface area contributed by atoms with Crippen molar-refractivity contribution in [3.05, 3.63) is 72.1 Å². The standard InChI is InChI=1S/C19H14N4O2/c24-18-8-6-12-3-1-2-4-14(12)15(18)10-22-23-19(25)13-5-7-16-17(9-13)21-11-20-16/h1-11,24H,(H,20,21)(H,23,25). The molecule has 6 heteroatoms. The number of imidazole rings is 1. The van der Waals surface area contributed by atoms with Crippen molar-refractivity contribution >= 4 is 33.9 Å². The molecule has 0 atom stereocenters. The normalized spacial score (nSPS) is 11.4. The van der Waals surface area contributed by atoms with E-state index in [9.17, 15) is 9.90 Å². The molecule has 0 fully saturated rings. The first-order valence-electron chi connectivity index (χ1n) is 7.69. The maximum atomic E-state index is 12.2. The van der Waals surface area contributed by atoms with Crippen LogP contribution in [0.1, 0.15) is 15.9 Å². The van der Waals surface area contributed by atoms with Gasteiger partial charge >= 0.3 is 0 Å². The predicted molar refractivity (Wildman–Crippen MR) is 96.8 cm³/mol.